The van der Waals surface area contributed by atoms with Crippen LogP contribution in [0.5, 0.6) is 5.75 Å². The summed E-state index contributed by atoms with van der Waals surface area (Å²) in [7, 11) is 0. The van der Waals surface area contributed by atoms with Gasteiger partial charge in [0, 0.05) is 67.3 Å². The summed E-state index contributed by atoms with van der Waals surface area (Å²) in [6, 6.07) is 4.97. The van der Waals surface area contributed by atoms with Crippen molar-refractivity contribution in [2.45, 2.75) is 25.2 Å². The average molecular weight is 359 g/mol. The van der Waals surface area contributed by atoms with Crippen molar-refractivity contribution in [1.82, 2.24) is 14.9 Å². The second-order valence-electron chi connectivity index (χ2n) is 6.59. The first kappa shape index (κ1) is 16.9. The van der Waals surface area contributed by atoms with Gasteiger partial charge in [-0.2, -0.15) is 0 Å². The van der Waals surface area contributed by atoms with E-state index in [2.05, 4.69) is 14.9 Å². The third-order valence-electron chi connectivity index (χ3n) is 4.69. The largest absolute Gasteiger partial charge is 0.487 e. The molecule has 1 aliphatic heterocycles. The van der Waals surface area contributed by atoms with Crippen molar-refractivity contribution in [2.24, 2.45) is 0 Å². The molecule has 136 valence electrons. The van der Waals surface area contributed by atoms with E-state index >= 15 is 0 Å². The number of H-pyrrole nitrogens is 1. The fourth-order valence-electron chi connectivity index (χ4n) is 3.42. The fourth-order valence-corrected chi connectivity index (χ4v) is 3.42. The van der Waals surface area contributed by atoms with Crippen molar-refractivity contribution in [1.29, 1.82) is 0 Å². The third-order valence-corrected chi connectivity index (χ3v) is 4.69. The van der Waals surface area contributed by atoms with E-state index in [0.717, 1.165) is 34.7 Å². The molecule has 1 saturated heterocycles. The lowest BCUT2D eigenvalue weighted by Gasteiger charge is -2.35. The molecule has 1 aromatic carbocycles. The van der Waals surface area contributed by atoms with Crippen LogP contribution in [0.15, 0.2) is 42.9 Å². The molecule has 0 bridgehead atoms. The van der Waals surface area contributed by atoms with E-state index in [-0.39, 0.29) is 5.75 Å². The van der Waals surface area contributed by atoms with Gasteiger partial charge in [-0.3, -0.25) is 9.88 Å². The molecular formula is C19H19F2N3O2. The maximum atomic E-state index is 13.3. The van der Waals surface area contributed by atoms with Gasteiger partial charge in [0.1, 0.15) is 29.6 Å². The van der Waals surface area contributed by atoms with Crippen molar-refractivity contribution in [3.8, 4) is 5.75 Å². The number of likely N-dealkylation sites (tertiary alicyclic amines) is 1. The number of nitrogens with zero attached hydrogens (tertiary/aromatic N) is 2. The molecule has 2 N–H and O–H groups in total. The number of aromatic amines is 1. The minimum absolute atomic E-state index is 0.0997. The molecule has 2 aromatic heterocycles. The summed E-state index contributed by atoms with van der Waals surface area (Å²) in [5.41, 5.74) is 2.15. The number of ether oxygens (including phenoxy) is 1. The summed E-state index contributed by atoms with van der Waals surface area (Å²) in [6.07, 6.45) is 4.86. The van der Waals surface area contributed by atoms with Gasteiger partial charge in [0.15, 0.2) is 0 Å². The summed E-state index contributed by atoms with van der Waals surface area (Å²) in [4.78, 5) is 9.51. The number of benzene rings is 1. The number of β-amino-alcohol motifs (C(OH)–C–C–N with tert-alkyl or cyclic N) is 1. The molecule has 0 amide bonds. The van der Waals surface area contributed by atoms with Gasteiger partial charge in [-0.1, -0.05) is 0 Å². The lowest BCUT2D eigenvalue weighted by atomic mass is 10.0. The van der Waals surface area contributed by atoms with E-state index < -0.39 is 23.8 Å². The molecule has 0 aliphatic carbocycles. The van der Waals surface area contributed by atoms with E-state index in [0.29, 0.717) is 26.1 Å². The molecule has 3 aromatic rings. The number of rotatable bonds is 4. The van der Waals surface area contributed by atoms with Gasteiger partial charge < -0.3 is 14.8 Å². The summed E-state index contributed by atoms with van der Waals surface area (Å²) in [5.74, 6) is -1.29. The van der Waals surface area contributed by atoms with Crippen LogP contribution in [0.1, 0.15) is 12.0 Å². The second-order valence-corrected chi connectivity index (χ2v) is 6.59. The number of aliphatic hydroxyl groups is 1. The Labute approximate surface area is 149 Å². The van der Waals surface area contributed by atoms with Crippen LogP contribution in [0.4, 0.5) is 8.78 Å². The highest BCUT2D eigenvalue weighted by Gasteiger charge is 2.29. The van der Waals surface area contributed by atoms with Crippen molar-refractivity contribution < 1.29 is 18.6 Å². The van der Waals surface area contributed by atoms with Gasteiger partial charge in [-0.15, -0.1) is 0 Å². The van der Waals surface area contributed by atoms with Crippen molar-refractivity contribution in [2.75, 3.05) is 13.1 Å². The number of fused-ring (bicyclic) bond motifs is 1. The first-order valence-corrected chi connectivity index (χ1v) is 8.51. The Hall–Kier alpha value is -2.51. The van der Waals surface area contributed by atoms with Crippen LogP contribution in [0.3, 0.4) is 0 Å². The number of aromatic nitrogens is 2. The monoisotopic (exact) mass is 359 g/mol. The molecule has 7 heteroatoms. The lowest BCUT2D eigenvalue weighted by molar-refractivity contribution is -0.0276. The van der Waals surface area contributed by atoms with Crippen molar-refractivity contribution in [3.05, 3.63) is 60.1 Å². The highest BCUT2D eigenvalue weighted by molar-refractivity contribution is 5.81. The summed E-state index contributed by atoms with van der Waals surface area (Å²) in [6.45, 7) is 1.83. The highest BCUT2D eigenvalue weighted by atomic mass is 19.1. The topological polar surface area (TPSA) is 61.4 Å². The normalized spacial score (nSPS) is 21.2. The van der Waals surface area contributed by atoms with Gasteiger partial charge in [-0.05, 0) is 18.1 Å². The molecule has 1 aliphatic rings. The van der Waals surface area contributed by atoms with Crippen LogP contribution in [0, 0.1) is 11.6 Å². The second kappa shape index (κ2) is 7.01. The first-order chi connectivity index (χ1) is 12.6. The molecule has 0 unspecified atom stereocenters. The third kappa shape index (κ3) is 3.54. The van der Waals surface area contributed by atoms with Crippen LogP contribution in [0.25, 0.3) is 10.9 Å². The first-order valence-electron chi connectivity index (χ1n) is 8.51. The summed E-state index contributed by atoms with van der Waals surface area (Å²) < 4.78 is 32.2. The lowest BCUT2D eigenvalue weighted by Crippen LogP contribution is -2.48. The number of hydrogen-bond acceptors (Lipinski definition) is 4. The molecular weight excluding hydrogens is 340 g/mol. The van der Waals surface area contributed by atoms with E-state index in [4.69, 9.17) is 4.74 Å². The van der Waals surface area contributed by atoms with Gasteiger partial charge in [0.25, 0.3) is 0 Å². The quantitative estimate of drug-likeness (QED) is 0.752. The molecule has 2 atom stereocenters. The van der Waals surface area contributed by atoms with E-state index in [1.54, 1.807) is 6.20 Å². The number of aliphatic hydroxyl groups excluding tert-OH is 1. The number of pyridine rings is 1. The van der Waals surface area contributed by atoms with Crippen LogP contribution in [-0.2, 0) is 6.54 Å². The Morgan fingerprint density at radius 1 is 1.27 bits per heavy atom. The minimum Gasteiger partial charge on any atom is -0.487 e. The van der Waals surface area contributed by atoms with Crippen LogP contribution >= 0.6 is 0 Å². The zero-order valence-corrected chi connectivity index (χ0v) is 14.0. The van der Waals surface area contributed by atoms with Gasteiger partial charge in [-0.25, -0.2) is 8.78 Å². The van der Waals surface area contributed by atoms with Crippen molar-refractivity contribution >= 4 is 10.9 Å². The molecule has 3 heterocycles. The SMILES string of the molecule is O[C@@H]1CN(Cc2c[nH]c3ccncc23)CC[C@H]1Oc1cc(F)cc(F)c1. The van der Waals surface area contributed by atoms with E-state index in [1.807, 2.05) is 18.5 Å². The van der Waals surface area contributed by atoms with E-state index in [1.165, 1.54) is 0 Å². The smallest absolute Gasteiger partial charge is 0.129 e. The van der Waals surface area contributed by atoms with Crippen LogP contribution in [0.2, 0.25) is 0 Å². The fraction of sp³-hybridized carbons (Fsp3) is 0.316. The molecule has 0 spiro atoms. The summed E-state index contributed by atoms with van der Waals surface area (Å²) >= 11 is 0. The molecule has 4 rings (SSSR count). The number of nitrogens with one attached hydrogen (secondary N) is 1. The Bertz CT molecular complexity index is 894. The minimum atomic E-state index is -0.738. The number of halogens is 2. The highest BCUT2D eigenvalue weighted by Crippen LogP contribution is 2.24. The Morgan fingerprint density at radius 3 is 2.85 bits per heavy atom. The standard InChI is InChI=1S/C19H19F2N3O2/c20-13-5-14(21)7-15(6-13)26-19-2-4-24(11-18(19)25)10-12-8-23-17-1-3-22-9-16(12)17/h1,3,5-9,18-19,23,25H,2,4,10-11H2/t18-,19-/m1/s1. The van der Waals surface area contributed by atoms with Crippen LogP contribution < -0.4 is 4.74 Å². The molecule has 0 saturated carbocycles. The predicted octanol–water partition coefficient (Wildman–Crippen LogP) is 2.86. The predicted molar refractivity (Wildman–Crippen MR) is 92.8 cm³/mol. The molecule has 5 nitrogen and oxygen atoms in total. The molecule has 26 heavy (non-hydrogen) atoms. The van der Waals surface area contributed by atoms with Crippen molar-refractivity contribution in [3.63, 3.8) is 0 Å². The maximum Gasteiger partial charge on any atom is 0.129 e. The van der Waals surface area contributed by atoms with Gasteiger partial charge >= 0.3 is 0 Å². The number of piperidine rings is 1. The Kier molecular flexibility index (Phi) is 4.57. The number of hydrogen-bond donors (Lipinski definition) is 2. The zero-order chi connectivity index (χ0) is 18.1. The Balaban J connectivity index is 1.40. The Morgan fingerprint density at radius 2 is 2.08 bits per heavy atom. The van der Waals surface area contributed by atoms with Crippen LogP contribution in [-0.4, -0.2) is 45.3 Å². The zero-order valence-electron chi connectivity index (χ0n) is 14.0. The summed E-state index contributed by atoms with van der Waals surface area (Å²) in [5, 5.41) is 11.5. The van der Waals surface area contributed by atoms with E-state index in [9.17, 15) is 13.9 Å². The molecule has 1 fully saturated rings. The average Bonchev–Trinajstić information content (AvgIpc) is 3.00. The van der Waals surface area contributed by atoms with Gasteiger partial charge in [0.2, 0.25) is 0 Å². The van der Waals surface area contributed by atoms with Gasteiger partial charge in [0.05, 0.1) is 0 Å². The maximum absolute atomic E-state index is 13.3. The molecule has 0 radical (unpaired) electrons.